The molecule has 2 aliphatic heterocycles. The van der Waals surface area contributed by atoms with Crippen LogP contribution < -0.4 is 5.32 Å². The second-order valence-electron chi connectivity index (χ2n) is 24.6. The summed E-state index contributed by atoms with van der Waals surface area (Å²) in [7, 11) is 0. The average Bonchev–Trinajstić information content (AvgIpc) is 3.68. The van der Waals surface area contributed by atoms with Gasteiger partial charge in [0.15, 0.2) is 12.6 Å². The maximum Gasteiger partial charge on any atom is 0.220 e. The number of aliphatic hydroxyl groups excluding tert-OH is 8. The van der Waals surface area contributed by atoms with E-state index in [1.807, 2.05) is 6.08 Å². The molecule has 85 heavy (non-hydrogen) atoms. The summed E-state index contributed by atoms with van der Waals surface area (Å²) in [6.07, 6.45) is 57.0. The van der Waals surface area contributed by atoms with Crippen molar-refractivity contribution in [2.24, 2.45) is 0 Å². The molecule has 2 heterocycles. The lowest BCUT2D eigenvalue weighted by Crippen LogP contribution is -2.65. The fourth-order valence-corrected chi connectivity index (χ4v) is 11.3. The lowest BCUT2D eigenvalue weighted by Gasteiger charge is -2.46. The third-order valence-electron chi connectivity index (χ3n) is 16.9. The summed E-state index contributed by atoms with van der Waals surface area (Å²) in [6, 6.07) is -0.934. The minimum atomic E-state index is -1.79. The number of aliphatic hydroxyl groups is 8. The highest BCUT2D eigenvalue weighted by Gasteiger charge is 2.51. The molecule has 14 nitrogen and oxygen atoms in total. The maximum atomic E-state index is 13.3. The maximum absolute atomic E-state index is 13.3. The molecule has 2 aliphatic rings. The van der Waals surface area contributed by atoms with E-state index in [0.29, 0.717) is 12.8 Å². The Balaban J connectivity index is 1.68. The van der Waals surface area contributed by atoms with Gasteiger partial charge in [0.1, 0.15) is 48.8 Å². The van der Waals surface area contributed by atoms with Crippen molar-refractivity contribution < 1.29 is 64.6 Å². The molecule has 2 saturated heterocycles. The normalized spacial score (nSPS) is 23.9. The summed E-state index contributed by atoms with van der Waals surface area (Å²) in [4.78, 5) is 13.3. The van der Waals surface area contributed by atoms with Gasteiger partial charge < -0.3 is 65.1 Å². The van der Waals surface area contributed by atoms with Crippen LogP contribution in [0.15, 0.2) is 60.8 Å². The smallest absolute Gasteiger partial charge is 0.220 e. The fraction of sp³-hybridized carbons (Fsp3) is 0.845. The molecule has 0 aliphatic carbocycles. The lowest BCUT2D eigenvalue weighted by atomic mass is 9.97. The monoisotopic (exact) mass is 1200 g/mol. The molecule has 0 aromatic heterocycles. The fourth-order valence-electron chi connectivity index (χ4n) is 11.3. The third kappa shape index (κ3) is 40.1. The predicted octanol–water partition coefficient (Wildman–Crippen LogP) is 14.1. The van der Waals surface area contributed by atoms with Gasteiger partial charge in [-0.1, -0.05) is 274 Å². The van der Waals surface area contributed by atoms with Crippen LogP contribution >= 0.6 is 0 Å². The van der Waals surface area contributed by atoms with Gasteiger partial charge in [0, 0.05) is 6.42 Å². The third-order valence-corrected chi connectivity index (χ3v) is 16.9. The van der Waals surface area contributed by atoms with Crippen LogP contribution in [-0.2, 0) is 23.7 Å². The predicted molar refractivity (Wildman–Crippen MR) is 346 cm³/mol. The van der Waals surface area contributed by atoms with Crippen molar-refractivity contribution in [2.75, 3.05) is 19.8 Å². The first kappa shape index (κ1) is 78.8. The van der Waals surface area contributed by atoms with Gasteiger partial charge in [-0.05, 0) is 70.6 Å². The summed E-state index contributed by atoms with van der Waals surface area (Å²) in [6.45, 7) is 2.80. The van der Waals surface area contributed by atoms with Crippen LogP contribution in [0.5, 0.6) is 0 Å². The summed E-state index contributed by atoms with van der Waals surface area (Å²) >= 11 is 0. The standard InChI is InChI=1S/C71H129NO13/c1-3-5-7-9-11-13-15-17-19-21-23-25-26-27-28-29-30-31-32-33-34-35-37-39-41-43-45-47-49-51-53-55-63(76)72-59(60(75)54-52-50-48-46-44-42-40-38-36-24-22-20-18-16-14-12-10-8-6-4-2)58-82-70-68(81)66(79)69(62(57-74)84-70)85-71-67(80)65(78)64(77)61(56-73)83-71/h15,17,21,23,26-27,44,46,52,54,59-62,64-71,73-75,77-81H,3-14,16,18-20,22,24-25,28-43,45,47-51,53,55-58H2,1-2H3,(H,72,76)/b17-15-,23-21-,27-26-,46-44+,54-52+. The van der Waals surface area contributed by atoms with Crippen molar-refractivity contribution in [3.05, 3.63) is 60.8 Å². The summed E-state index contributed by atoms with van der Waals surface area (Å²) in [5, 5.41) is 87.4. The molecule has 0 saturated carbocycles. The minimum absolute atomic E-state index is 0.247. The number of nitrogens with one attached hydrogen (secondary N) is 1. The van der Waals surface area contributed by atoms with Crippen molar-refractivity contribution in [3.8, 4) is 0 Å². The van der Waals surface area contributed by atoms with Gasteiger partial charge in [-0.25, -0.2) is 0 Å². The molecule has 9 N–H and O–H groups in total. The first-order valence-electron chi connectivity index (χ1n) is 35.0. The molecular weight excluding hydrogens is 1070 g/mol. The van der Waals surface area contributed by atoms with Crippen LogP contribution in [0.3, 0.4) is 0 Å². The van der Waals surface area contributed by atoms with E-state index in [-0.39, 0.29) is 18.9 Å². The van der Waals surface area contributed by atoms with E-state index in [2.05, 4.69) is 67.8 Å². The number of ether oxygens (including phenoxy) is 4. The number of allylic oxidation sites excluding steroid dienone is 9. The largest absolute Gasteiger partial charge is 0.394 e. The molecule has 12 atom stereocenters. The summed E-state index contributed by atoms with van der Waals surface area (Å²) in [5.74, 6) is -0.247. The first-order valence-corrected chi connectivity index (χ1v) is 35.0. The van der Waals surface area contributed by atoms with Crippen LogP contribution in [0, 0.1) is 0 Å². The second kappa shape index (κ2) is 55.7. The molecule has 0 aromatic rings. The average molecular weight is 1200 g/mol. The van der Waals surface area contributed by atoms with Crippen molar-refractivity contribution in [2.45, 2.75) is 364 Å². The molecule has 496 valence electrons. The highest BCUT2D eigenvalue weighted by molar-refractivity contribution is 5.76. The molecule has 0 aromatic carbocycles. The molecule has 2 rings (SSSR count). The Morgan fingerprint density at radius 2 is 0.788 bits per heavy atom. The molecular formula is C71H129NO13. The van der Waals surface area contributed by atoms with Gasteiger partial charge in [-0.3, -0.25) is 4.79 Å². The van der Waals surface area contributed by atoms with Crippen LogP contribution in [0.2, 0.25) is 0 Å². The number of rotatable bonds is 57. The zero-order chi connectivity index (χ0) is 61.6. The lowest BCUT2D eigenvalue weighted by molar-refractivity contribution is -0.359. The van der Waals surface area contributed by atoms with Crippen molar-refractivity contribution in [1.29, 1.82) is 0 Å². The highest BCUT2D eigenvalue weighted by atomic mass is 16.7. The SMILES string of the molecule is CCCCCCC/C=C\C/C=C\C/C=C\CCCCCCCCCCCCCCCCCCC(=O)NC(COC1OC(CO)C(OC2OC(CO)C(O)C(O)C2O)C(O)C1O)C(O)/C=C/CC/C=C/CCCCCCCCCCCCCCCC. The summed E-state index contributed by atoms with van der Waals surface area (Å²) < 4.78 is 22.8. The van der Waals surface area contributed by atoms with E-state index >= 15 is 0 Å². The Morgan fingerprint density at radius 1 is 0.424 bits per heavy atom. The number of amides is 1. The van der Waals surface area contributed by atoms with E-state index in [1.165, 1.54) is 212 Å². The van der Waals surface area contributed by atoms with E-state index in [1.54, 1.807) is 6.08 Å². The number of carbonyl (C=O) groups excluding carboxylic acids is 1. The Kier molecular flexibility index (Phi) is 51.7. The number of hydrogen-bond acceptors (Lipinski definition) is 13. The highest BCUT2D eigenvalue weighted by Crippen LogP contribution is 2.30. The van der Waals surface area contributed by atoms with Gasteiger partial charge in [0.2, 0.25) is 5.91 Å². The molecule has 1 amide bonds. The van der Waals surface area contributed by atoms with E-state index in [9.17, 15) is 45.6 Å². The Bertz CT molecular complexity index is 1660. The molecule has 12 unspecified atom stereocenters. The number of carbonyl (C=O) groups is 1. The quantitative estimate of drug-likeness (QED) is 0.0204. The van der Waals surface area contributed by atoms with Gasteiger partial charge in [0.25, 0.3) is 0 Å². The van der Waals surface area contributed by atoms with Crippen LogP contribution in [0.1, 0.15) is 290 Å². The Labute approximate surface area is 517 Å². The van der Waals surface area contributed by atoms with E-state index in [4.69, 9.17) is 18.9 Å². The van der Waals surface area contributed by atoms with E-state index < -0.39 is 86.8 Å². The zero-order valence-electron chi connectivity index (χ0n) is 53.8. The minimum Gasteiger partial charge on any atom is -0.394 e. The Morgan fingerprint density at radius 3 is 1.24 bits per heavy atom. The van der Waals surface area contributed by atoms with Crippen LogP contribution in [0.4, 0.5) is 0 Å². The van der Waals surface area contributed by atoms with Gasteiger partial charge in [0.05, 0.1) is 32.0 Å². The van der Waals surface area contributed by atoms with Gasteiger partial charge >= 0.3 is 0 Å². The summed E-state index contributed by atoms with van der Waals surface area (Å²) in [5.41, 5.74) is 0. The van der Waals surface area contributed by atoms with E-state index in [0.717, 1.165) is 44.9 Å². The van der Waals surface area contributed by atoms with Gasteiger partial charge in [-0.15, -0.1) is 0 Å². The number of unbranched alkanes of at least 4 members (excludes halogenated alkanes) is 36. The van der Waals surface area contributed by atoms with Crippen molar-refractivity contribution in [3.63, 3.8) is 0 Å². The first-order chi connectivity index (χ1) is 41.6. The second-order valence-corrected chi connectivity index (χ2v) is 24.6. The molecule has 0 spiro atoms. The molecule has 14 heteroatoms. The van der Waals surface area contributed by atoms with Gasteiger partial charge in [-0.2, -0.15) is 0 Å². The molecule has 0 bridgehead atoms. The van der Waals surface area contributed by atoms with Crippen molar-refractivity contribution in [1.82, 2.24) is 5.32 Å². The molecule has 2 fully saturated rings. The van der Waals surface area contributed by atoms with Crippen LogP contribution in [0.25, 0.3) is 0 Å². The zero-order valence-corrected chi connectivity index (χ0v) is 53.8. The topological polar surface area (TPSA) is 228 Å². The van der Waals surface area contributed by atoms with Crippen LogP contribution in [-0.4, -0.2) is 140 Å². The number of hydrogen-bond donors (Lipinski definition) is 9. The molecule has 0 radical (unpaired) electrons. The Hall–Kier alpha value is -2.31. The van der Waals surface area contributed by atoms with Crippen molar-refractivity contribution >= 4 is 5.91 Å².